The van der Waals surface area contributed by atoms with E-state index in [0.29, 0.717) is 17.1 Å². The Kier molecular flexibility index (Phi) is 6.02. The molecule has 164 valence electrons. The van der Waals surface area contributed by atoms with Gasteiger partial charge in [-0.3, -0.25) is 19.7 Å². The zero-order valence-corrected chi connectivity index (χ0v) is 18.2. The van der Waals surface area contributed by atoms with E-state index in [1.165, 1.54) is 10.6 Å². The highest BCUT2D eigenvalue weighted by Crippen LogP contribution is 2.23. The lowest BCUT2D eigenvalue weighted by Crippen LogP contribution is -2.34. The third kappa shape index (κ3) is 4.39. The molecule has 1 atom stereocenters. The molecule has 0 unspecified atom stereocenters. The van der Waals surface area contributed by atoms with Gasteiger partial charge in [-0.05, 0) is 24.1 Å². The molecule has 0 bridgehead atoms. The van der Waals surface area contributed by atoms with Crippen molar-refractivity contribution in [3.05, 3.63) is 82.5 Å². The maximum atomic E-state index is 12.8. The quantitative estimate of drug-likeness (QED) is 0.468. The van der Waals surface area contributed by atoms with Crippen LogP contribution < -0.4 is 15.6 Å². The topological polar surface area (TPSA) is 101 Å². The Balaban J connectivity index is 1.62. The molecule has 8 heteroatoms. The van der Waals surface area contributed by atoms with Crippen LogP contribution in [0.5, 0.6) is 5.75 Å². The van der Waals surface area contributed by atoms with Crippen molar-refractivity contribution in [3.63, 3.8) is 0 Å². The Bertz CT molecular complexity index is 1290. The van der Waals surface area contributed by atoms with Gasteiger partial charge in [0.1, 0.15) is 5.75 Å². The zero-order chi connectivity index (χ0) is 22.7. The molecule has 0 saturated heterocycles. The van der Waals surface area contributed by atoms with E-state index in [0.717, 1.165) is 16.8 Å². The van der Waals surface area contributed by atoms with Gasteiger partial charge in [0.2, 0.25) is 5.91 Å². The predicted octanol–water partition coefficient (Wildman–Crippen LogP) is 3.15. The molecule has 0 spiro atoms. The fourth-order valence-electron chi connectivity index (χ4n) is 3.67. The van der Waals surface area contributed by atoms with E-state index in [9.17, 15) is 9.59 Å². The number of methoxy groups -OCH3 is 1. The van der Waals surface area contributed by atoms with Crippen molar-refractivity contribution in [2.24, 2.45) is 5.92 Å². The summed E-state index contributed by atoms with van der Waals surface area (Å²) in [4.78, 5) is 34.4. The molecule has 1 aromatic carbocycles. The highest BCUT2D eigenvalue weighted by Gasteiger charge is 2.22. The number of hydrogen-bond acceptors (Lipinski definition) is 5. The molecular weight excluding hydrogens is 406 g/mol. The van der Waals surface area contributed by atoms with Gasteiger partial charge in [-0.15, -0.1) is 0 Å². The van der Waals surface area contributed by atoms with Gasteiger partial charge in [-0.25, -0.2) is 9.50 Å². The van der Waals surface area contributed by atoms with Gasteiger partial charge in [0.25, 0.3) is 5.56 Å². The number of H-pyrrole nitrogens is 1. The summed E-state index contributed by atoms with van der Waals surface area (Å²) in [5, 5.41) is 6.10. The Labute approximate surface area is 185 Å². The third-order valence-corrected chi connectivity index (χ3v) is 5.29. The van der Waals surface area contributed by atoms with Gasteiger partial charge in [-0.2, -0.15) is 0 Å². The van der Waals surface area contributed by atoms with Crippen molar-refractivity contribution < 1.29 is 9.53 Å². The minimum atomic E-state index is -0.411. The highest BCUT2D eigenvalue weighted by atomic mass is 16.5. The monoisotopic (exact) mass is 431 g/mol. The number of ether oxygens (including phenoxy) is 1. The van der Waals surface area contributed by atoms with E-state index < -0.39 is 6.04 Å². The van der Waals surface area contributed by atoms with Crippen LogP contribution in [0.3, 0.4) is 0 Å². The second kappa shape index (κ2) is 9.05. The number of pyridine rings is 1. The van der Waals surface area contributed by atoms with E-state index >= 15 is 0 Å². The molecule has 3 heterocycles. The zero-order valence-electron chi connectivity index (χ0n) is 18.2. The molecule has 32 heavy (non-hydrogen) atoms. The van der Waals surface area contributed by atoms with E-state index in [-0.39, 0.29) is 23.8 Å². The normalized spacial score (nSPS) is 12.1. The van der Waals surface area contributed by atoms with Crippen LogP contribution in [0.2, 0.25) is 0 Å². The molecule has 3 aromatic heterocycles. The fraction of sp³-hybridized carbons (Fsp3) is 0.250. The van der Waals surface area contributed by atoms with Gasteiger partial charge < -0.3 is 10.1 Å². The molecule has 0 radical (unpaired) electrons. The Morgan fingerprint density at radius 1 is 1.19 bits per heavy atom. The van der Waals surface area contributed by atoms with E-state index in [4.69, 9.17) is 4.74 Å². The number of rotatable bonds is 7. The minimum Gasteiger partial charge on any atom is -0.496 e. The van der Waals surface area contributed by atoms with Crippen molar-refractivity contribution in [3.8, 4) is 17.0 Å². The van der Waals surface area contributed by atoms with Crippen LogP contribution in [-0.4, -0.2) is 32.6 Å². The van der Waals surface area contributed by atoms with Gasteiger partial charge in [0.15, 0.2) is 5.65 Å². The van der Waals surface area contributed by atoms with Crippen LogP contribution >= 0.6 is 0 Å². The summed E-state index contributed by atoms with van der Waals surface area (Å²) in [7, 11) is 1.58. The lowest BCUT2D eigenvalue weighted by Gasteiger charge is -2.22. The summed E-state index contributed by atoms with van der Waals surface area (Å²) in [6.07, 6.45) is 3.57. The SMILES string of the molecule is COc1ccccc1CC(=O)N[C@H](c1cc(=O)n2[nH]c(-c3cccnc3)cc2n1)C(C)C. The van der Waals surface area contributed by atoms with Gasteiger partial charge in [-0.1, -0.05) is 32.0 Å². The van der Waals surface area contributed by atoms with E-state index in [2.05, 4.69) is 20.4 Å². The number of carbonyl (C=O) groups is 1. The second-order valence-electron chi connectivity index (χ2n) is 7.90. The highest BCUT2D eigenvalue weighted by molar-refractivity contribution is 5.79. The van der Waals surface area contributed by atoms with E-state index in [1.54, 1.807) is 25.6 Å². The number of aromatic nitrogens is 4. The minimum absolute atomic E-state index is 0.0303. The molecule has 4 rings (SSSR count). The largest absolute Gasteiger partial charge is 0.496 e. The van der Waals surface area contributed by atoms with Gasteiger partial charge in [0, 0.05) is 35.7 Å². The van der Waals surface area contributed by atoms with Crippen molar-refractivity contribution in [1.82, 2.24) is 24.9 Å². The van der Waals surface area contributed by atoms with Crippen molar-refractivity contribution in [2.75, 3.05) is 7.11 Å². The molecule has 0 aliphatic heterocycles. The van der Waals surface area contributed by atoms with Crippen LogP contribution in [0.25, 0.3) is 16.9 Å². The van der Waals surface area contributed by atoms with Crippen molar-refractivity contribution in [2.45, 2.75) is 26.3 Å². The molecule has 1 amide bonds. The first-order valence-electron chi connectivity index (χ1n) is 10.4. The molecule has 8 nitrogen and oxygen atoms in total. The maximum absolute atomic E-state index is 12.8. The van der Waals surface area contributed by atoms with Crippen molar-refractivity contribution in [1.29, 1.82) is 0 Å². The number of benzene rings is 1. The summed E-state index contributed by atoms with van der Waals surface area (Å²) in [5.74, 6) is 0.528. The first kappa shape index (κ1) is 21.3. The van der Waals surface area contributed by atoms with Gasteiger partial charge >= 0.3 is 0 Å². The molecule has 0 fully saturated rings. The summed E-state index contributed by atoms with van der Waals surface area (Å²) in [5.41, 5.74) is 3.15. The number of amides is 1. The molecule has 4 aromatic rings. The molecule has 0 aliphatic rings. The number of carbonyl (C=O) groups excluding carboxylic acids is 1. The lowest BCUT2D eigenvalue weighted by molar-refractivity contribution is -0.121. The first-order valence-corrected chi connectivity index (χ1v) is 10.4. The number of fused-ring (bicyclic) bond motifs is 1. The lowest BCUT2D eigenvalue weighted by atomic mass is 10.00. The number of nitrogens with zero attached hydrogens (tertiary/aromatic N) is 3. The Morgan fingerprint density at radius 3 is 2.72 bits per heavy atom. The number of nitrogens with one attached hydrogen (secondary N) is 2. The number of hydrogen-bond donors (Lipinski definition) is 2. The van der Waals surface area contributed by atoms with Crippen LogP contribution in [0, 0.1) is 5.92 Å². The molecule has 0 saturated carbocycles. The Hall–Kier alpha value is -3.94. The maximum Gasteiger partial charge on any atom is 0.272 e. The summed E-state index contributed by atoms with van der Waals surface area (Å²) in [6.45, 7) is 3.96. The Morgan fingerprint density at radius 2 is 2.00 bits per heavy atom. The number of aromatic amines is 1. The number of para-hydroxylation sites is 1. The van der Waals surface area contributed by atoms with Crippen LogP contribution in [0.4, 0.5) is 0 Å². The third-order valence-electron chi connectivity index (χ3n) is 5.29. The van der Waals surface area contributed by atoms with Crippen LogP contribution in [0.1, 0.15) is 31.1 Å². The average molecular weight is 431 g/mol. The molecular formula is C24H25N5O3. The summed E-state index contributed by atoms with van der Waals surface area (Å²) in [6, 6.07) is 14.0. The average Bonchev–Trinajstić information content (AvgIpc) is 3.23. The standard InChI is InChI=1S/C24H25N5O3/c1-15(2)24(27-22(30)11-16-7-4-5-9-20(16)32-3)19-13-23(31)29-21(26-19)12-18(28-29)17-8-6-10-25-14-17/h4-10,12-15,24,28H,11H2,1-3H3,(H,27,30)/t24-/m0/s1. The summed E-state index contributed by atoms with van der Waals surface area (Å²) >= 11 is 0. The predicted molar refractivity (Wildman–Crippen MR) is 121 cm³/mol. The smallest absolute Gasteiger partial charge is 0.272 e. The van der Waals surface area contributed by atoms with Gasteiger partial charge in [0.05, 0.1) is 31.0 Å². The first-order chi connectivity index (χ1) is 15.5. The van der Waals surface area contributed by atoms with Crippen LogP contribution in [-0.2, 0) is 11.2 Å². The molecule has 0 aliphatic carbocycles. The molecule has 2 N–H and O–H groups in total. The van der Waals surface area contributed by atoms with E-state index in [1.807, 2.05) is 50.2 Å². The fourth-order valence-corrected chi connectivity index (χ4v) is 3.67. The van der Waals surface area contributed by atoms with Crippen LogP contribution in [0.15, 0.2) is 65.7 Å². The second-order valence-corrected chi connectivity index (χ2v) is 7.90. The van der Waals surface area contributed by atoms with Crippen molar-refractivity contribution >= 4 is 11.6 Å². The summed E-state index contributed by atoms with van der Waals surface area (Å²) < 4.78 is 6.73.